The van der Waals surface area contributed by atoms with E-state index in [9.17, 15) is 22.0 Å². The van der Waals surface area contributed by atoms with Crippen molar-refractivity contribution in [3.05, 3.63) is 59.7 Å². The predicted octanol–water partition coefficient (Wildman–Crippen LogP) is 4.65. The maximum Gasteiger partial charge on any atom is 0.419 e. The van der Waals surface area contributed by atoms with Gasteiger partial charge in [-0.2, -0.15) is 13.2 Å². The van der Waals surface area contributed by atoms with Crippen molar-refractivity contribution >= 4 is 0 Å². The Morgan fingerprint density at radius 1 is 0.778 bits per heavy atom. The number of benzene rings is 2. The molecule has 0 atom stereocenters. The summed E-state index contributed by atoms with van der Waals surface area (Å²) in [4.78, 5) is 0. The van der Waals surface area contributed by atoms with Crippen LogP contribution in [-0.4, -0.2) is 0 Å². The van der Waals surface area contributed by atoms with Gasteiger partial charge >= 0.3 is 6.18 Å². The normalized spacial score (nSPS) is 11.6. The third kappa shape index (κ3) is 2.34. The van der Waals surface area contributed by atoms with Gasteiger partial charge < -0.3 is 0 Å². The lowest BCUT2D eigenvalue weighted by atomic mass is 10.0. The summed E-state index contributed by atoms with van der Waals surface area (Å²) in [5, 5.41) is 0. The van der Waals surface area contributed by atoms with E-state index in [1.165, 1.54) is 18.2 Å². The Morgan fingerprint density at radius 2 is 1.39 bits per heavy atom. The molecule has 0 radical (unpaired) electrons. The van der Waals surface area contributed by atoms with Gasteiger partial charge in [-0.3, -0.25) is 0 Å². The van der Waals surface area contributed by atoms with Crippen LogP contribution in [0.5, 0.6) is 0 Å². The van der Waals surface area contributed by atoms with Crippen LogP contribution in [0.4, 0.5) is 22.0 Å². The fourth-order valence-electron chi connectivity index (χ4n) is 1.60. The van der Waals surface area contributed by atoms with Crippen LogP contribution < -0.4 is 0 Å². The van der Waals surface area contributed by atoms with Crippen molar-refractivity contribution in [2.75, 3.05) is 0 Å². The molecule has 94 valence electrons. The van der Waals surface area contributed by atoms with Crippen LogP contribution in [-0.2, 0) is 6.18 Å². The van der Waals surface area contributed by atoms with Crippen molar-refractivity contribution in [1.29, 1.82) is 0 Å². The SMILES string of the molecule is Fc1ccc(-c2cccc(C(F)(F)F)c2F)cc1. The van der Waals surface area contributed by atoms with Gasteiger partial charge in [0.05, 0.1) is 5.56 Å². The lowest BCUT2D eigenvalue weighted by Crippen LogP contribution is -2.08. The molecule has 2 rings (SSSR count). The third-order valence-electron chi connectivity index (χ3n) is 2.46. The average Bonchev–Trinajstić information content (AvgIpc) is 2.29. The largest absolute Gasteiger partial charge is 0.419 e. The summed E-state index contributed by atoms with van der Waals surface area (Å²) in [6.07, 6.45) is -4.75. The van der Waals surface area contributed by atoms with E-state index in [1.807, 2.05) is 0 Å². The lowest BCUT2D eigenvalue weighted by Gasteiger charge is -2.11. The first-order valence-corrected chi connectivity index (χ1v) is 5.01. The molecule has 0 fully saturated rings. The summed E-state index contributed by atoms with van der Waals surface area (Å²) >= 11 is 0. The Labute approximate surface area is 99.7 Å². The lowest BCUT2D eigenvalue weighted by molar-refractivity contribution is -0.139. The highest BCUT2D eigenvalue weighted by molar-refractivity contribution is 5.65. The van der Waals surface area contributed by atoms with E-state index in [4.69, 9.17) is 0 Å². The Hall–Kier alpha value is -1.91. The minimum Gasteiger partial charge on any atom is -0.207 e. The molecule has 0 aliphatic heterocycles. The summed E-state index contributed by atoms with van der Waals surface area (Å²) in [5.41, 5.74) is -1.34. The molecule has 0 nitrogen and oxygen atoms in total. The van der Waals surface area contributed by atoms with Crippen LogP contribution in [0.25, 0.3) is 11.1 Å². The van der Waals surface area contributed by atoms with E-state index in [-0.39, 0.29) is 11.1 Å². The van der Waals surface area contributed by atoms with E-state index in [1.54, 1.807) is 0 Å². The summed E-state index contributed by atoms with van der Waals surface area (Å²) in [5.74, 6) is -1.89. The molecule has 0 spiro atoms. The number of halogens is 5. The second kappa shape index (κ2) is 4.40. The van der Waals surface area contributed by atoms with Gasteiger partial charge in [0.15, 0.2) is 0 Å². The van der Waals surface area contributed by atoms with Gasteiger partial charge in [0.25, 0.3) is 0 Å². The molecule has 5 heteroatoms. The van der Waals surface area contributed by atoms with E-state index in [0.29, 0.717) is 6.07 Å². The highest BCUT2D eigenvalue weighted by Crippen LogP contribution is 2.35. The molecule has 0 heterocycles. The van der Waals surface area contributed by atoms with Gasteiger partial charge in [-0.15, -0.1) is 0 Å². The first kappa shape index (κ1) is 12.5. The molecule has 0 aliphatic carbocycles. The minimum atomic E-state index is -4.75. The van der Waals surface area contributed by atoms with Crippen LogP contribution >= 0.6 is 0 Å². The molecule has 0 saturated carbocycles. The van der Waals surface area contributed by atoms with Gasteiger partial charge in [0.2, 0.25) is 0 Å². The first-order chi connectivity index (χ1) is 8.39. The van der Waals surface area contributed by atoms with Gasteiger partial charge in [-0.05, 0) is 23.8 Å². The fourth-order valence-corrected chi connectivity index (χ4v) is 1.60. The zero-order chi connectivity index (χ0) is 13.3. The molecule has 0 unspecified atom stereocenters. The summed E-state index contributed by atoms with van der Waals surface area (Å²) in [7, 11) is 0. The summed E-state index contributed by atoms with van der Waals surface area (Å²) < 4.78 is 64.0. The Bertz CT molecular complexity index is 555. The van der Waals surface area contributed by atoms with Crippen LogP contribution in [0, 0.1) is 11.6 Å². The minimum absolute atomic E-state index is 0.194. The van der Waals surface area contributed by atoms with Crippen molar-refractivity contribution in [3.8, 4) is 11.1 Å². The molecule has 0 amide bonds. The first-order valence-electron chi connectivity index (χ1n) is 5.01. The van der Waals surface area contributed by atoms with Gasteiger partial charge in [-0.1, -0.05) is 24.3 Å². The third-order valence-corrected chi connectivity index (χ3v) is 2.46. The highest BCUT2D eigenvalue weighted by atomic mass is 19.4. The predicted molar refractivity (Wildman–Crippen MR) is 56.8 cm³/mol. The quantitative estimate of drug-likeness (QED) is 0.653. The number of hydrogen-bond donors (Lipinski definition) is 0. The monoisotopic (exact) mass is 258 g/mol. The van der Waals surface area contributed by atoms with Gasteiger partial charge in [0, 0.05) is 5.56 Å². The Morgan fingerprint density at radius 3 is 1.94 bits per heavy atom. The molecular weight excluding hydrogens is 251 g/mol. The second-order valence-electron chi connectivity index (χ2n) is 3.67. The smallest absolute Gasteiger partial charge is 0.207 e. The van der Waals surface area contributed by atoms with E-state index < -0.39 is 23.4 Å². The number of hydrogen-bond acceptors (Lipinski definition) is 0. The fraction of sp³-hybridized carbons (Fsp3) is 0.0769. The zero-order valence-electron chi connectivity index (χ0n) is 8.93. The van der Waals surface area contributed by atoms with E-state index in [0.717, 1.165) is 18.2 Å². The van der Waals surface area contributed by atoms with Crippen molar-refractivity contribution in [2.24, 2.45) is 0 Å². The summed E-state index contributed by atoms with van der Waals surface area (Å²) in [6, 6.07) is 7.59. The highest BCUT2D eigenvalue weighted by Gasteiger charge is 2.34. The molecule has 2 aromatic carbocycles. The standard InChI is InChI=1S/C13H7F5/c14-9-6-4-8(5-7-9)10-2-1-3-11(12(10)15)13(16,17)18/h1-7H. The van der Waals surface area contributed by atoms with E-state index >= 15 is 0 Å². The average molecular weight is 258 g/mol. The van der Waals surface area contributed by atoms with Gasteiger partial charge in [0.1, 0.15) is 11.6 Å². The topological polar surface area (TPSA) is 0 Å². The van der Waals surface area contributed by atoms with Gasteiger partial charge in [-0.25, -0.2) is 8.78 Å². The molecule has 0 bridgehead atoms. The molecule has 2 aromatic rings. The van der Waals surface area contributed by atoms with Crippen molar-refractivity contribution in [1.82, 2.24) is 0 Å². The van der Waals surface area contributed by atoms with Crippen molar-refractivity contribution in [2.45, 2.75) is 6.18 Å². The molecule has 0 saturated heterocycles. The van der Waals surface area contributed by atoms with E-state index in [2.05, 4.69) is 0 Å². The van der Waals surface area contributed by atoms with Crippen LogP contribution in [0.3, 0.4) is 0 Å². The van der Waals surface area contributed by atoms with Crippen molar-refractivity contribution in [3.63, 3.8) is 0 Å². The Balaban J connectivity index is 2.56. The zero-order valence-corrected chi connectivity index (χ0v) is 8.93. The number of rotatable bonds is 1. The van der Waals surface area contributed by atoms with Crippen molar-refractivity contribution < 1.29 is 22.0 Å². The van der Waals surface area contributed by atoms with Crippen LogP contribution in [0.2, 0.25) is 0 Å². The molecule has 0 aromatic heterocycles. The second-order valence-corrected chi connectivity index (χ2v) is 3.67. The molecule has 0 aliphatic rings. The molecular formula is C13H7F5. The maximum absolute atomic E-state index is 13.7. The van der Waals surface area contributed by atoms with Crippen LogP contribution in [0.15, 0.2) is 42.5 Å². The maximum atomic E-state index is 13.7. The summed E-state index contributed by atoms with van der Waals surface area (Å²) in [6.45, 7) is 0. The van der Waals surface area contributed by atoms with Crippen LogP contribution in [0.1, 0.15) is 5.56 Å². The molecule has 0 N–H and O–H groups in total. The molecule has 18 heavy (non-hydrogen) atoms. The number of alkyl halides is 3. The Kier molecular flexibility index (Phi) is 3.07.